The number of aryl methyl sites for hydroxylation is 1. The fraction of sp³-hybridized carbons (Fsp3) is 0.316. The first-order chi connectivity index (χ1) is 24.2. The largest absolute Gasteiger partial charge is 0.464 e. The Hall–Kier alpha value is -5.62. The Morgan fingerprint density at radius 3 is 2.62 bits per heavy atom. The number of nitrogen functional groups attached to an aromatic ring is 1. The van der Waals surface area contributed by atoms with Crippen LogP contribution in [0.15, 0.2) is 81.3 Å². The monoisotopic (exact) mass is 671 g/mol. The third-order valence-electron chi connectivity index (χ3n) is 10.2. The fourth-order valence-corrected chi connectivity index (χ4v) is 7.27. The van der Waals surface area contributed by atoms with Gasteiger partial charge < -0.3 is 20.8 Å². The van der Waals surface area contributed by atoms with E-state index in [1.165, 1.54) is 11.9 Å². The molecule has 0 aliphatic carbocycles. The molecule has 50 heavy (non-hydrogen) atoms. The number of pyridine rings is 1. The summed E-state index contributed by atoms with van der Waals surface area (Å²) in [5.41, 5.74) is 18.2. The molecule has 0 saturated carbocycles. The number of hydrogen-bond donors (Lipinski definition) is 3. The zero-order chi connectivity index (χ0) is 35.0. The lowest BCUT2D eigenvalue weighted by Crippen LogP contribution is -2.43. The van der Waals surface area contributed by atoms with E-state index in [2.05, 4.69) is 21.0 Å². The molecule has 5 heterocycles. The van der Waals surface area contributed by atoms with Crippen molar-refractivity contribution in [3.63, 3.8) is 0 Å². The van der Waals surface area contributed by atoms with Crippen molar-refractivity contribution in [2.45, 2.75) is 26.2 Å². The van der Waals surface area contributed by atoms with E-state index in [4.69, 9.17) is 26.3 Å². The summed E-state index contributed by atoms with van der Waals surface area (Å²) in [7, 11) is 1.65. The third-order valence-corrected chi connectivity index (χ3v) is 10.2. The molecule has 2 fully saturated rings. The molecule has 4 aromatic rings. The van der Waals surface area contributed by atoms with E-state index in [1.54, 1.807) is 30.3 Å². The van der Waals surface area contributed by atoms with Crippen molar-refractivity contribution < 1.29 is 14.0 Å². The number of carbonyl (C=O) groups excluding carboxylic acids is 2. The van der Waals surface area contributed by atoms with Crippen LogP contribution in [0.5, 0.6) is 0 Å². The van der Waals surface area contributed by atoms with E-state index >= 15 is 0 Å². The molecule has 5 N–H and O–H groups in total. The van der Waals surface area contributed by atoms with Gasteiger partial charge in [0.2, 0.25) is 11.8 Å². The number of benzene rings is 2. The molecule has 0 bridgehead atoms. The van der Waals surface area contributed by atoms with Crippen molar-refractivity contribution in [1.29, 1.82) is 5.41 Å². The van der Waals surface area contributed by atoms with E-state index in [0.717, 1.165) is 34.1 Å². The number of aliphatic imine (C=N–C) groups is 2. The molecule has 256 valence electrons. The Balaban J connectivity index is 0.969. The molecule has 3 aliphatic heterocycles. The molecule has 2 aromatic carbocycles. The number of amidine groups is 1. The number of fused-ring (bicyclic) bond motifs is 1. The highest BCUT2D eigenvalue weighted by atomic mass is 16.3. The molecular formula is C38H41N9O3. The van der Waals surface area contributed by atoms with Gasteiger partial charge in [0, 0.05) is 49.7 Å². The van der Waals surface area contributed by atoms with Crippen molar-refractivity contribution in [1.82, 2.24) is 14.8 Å². The van der Waals surface area contributed by atoms with E-state index in [1.807, 2.05) is 54.3 Å². The summed E-state index contributed by atoms with van der Waals surface area (Å²) in [5.74, 6) is 0.990. The zero-order valence-corrected chi connectivity index (χ0v) is 28.4. The minimum atomic E-state index is -0.556. The summed E-state index contributed by atoms with van der Waals surface area (Å²) < 4.78 is 5.56. The first-order valence-corrected chi connectivity index (χ1v) is 16.9. The first-order valence-electron chi connectivity index (χ1n) is 16.9. The fourth-order valence-electron chi connectivity index (χ4n) is 7.27. The van der Waals surface area contributed by atoms with Crippen molar-refractivity contribution in [3.05, 3.63) is 94.9 Å². The SMILES string of the molecule is CN=CN=C(N)c1ccc(C2=CCN(C(=O)CN3CC[C@]4(CCN(c5ccc(N)c(C(=N)c6ccc7occ(C)c7c6)n5)C4=O)C3)CC2)cc1. The number of aromatic nitrogens is 1. The maximum Gasteiger partial charge on any atom is 0.237 e. The number of nitrogens with zero attached hydrogens (tertiary/aromatic N) is 6. The molecular weight excluding hydrogens is 630 g/mol. The maximum atomic E-state index is 14.0. The van der Waals surface area contributed by atoms with Crippen molar-refractivity contribution in [3.8, 4) is 0 Å². The summed E-state index contributed by atoms with van der Waals surface area (Å²) in [6.45, 7) is 5.19. The van der Waals surface area contributed by atoms with Crippen molar-refractivity contribution in [2.24, 2.45) is 21.1 Å². The van der Waals surface area contributed by atoms with Crippen LogP contribution >= 0.6 is 0 Å². The van der Waals surface area contributed by atoms with Crippen LogP contribution in [-0.2, 0) is 9.59 Å². The maximum absolute atomic E-state index is 14.0. The second-order valence-electron chi connectivity index (χ2n) is 13.3. The molecule has 2 saturated heterocycles. The van der Waals surface area contributed by atoms with Gasteiger partial charge in [-0.05, 0) is 79.8 Å². The van der Waals surface area contributed by atoms with Crippen LogP contribution in [0, 0.1) is 17.7 Å². The van der Waals surface area contributed by atoms with Crippen LogP contribution < -0.4 is 16.4 Å². The smallest absolute Gasteiger partial charge is 0.237 e. The van der Waals surface area contributed by atoms with Gasteiger partial charge in [0.1, 0.15) is 29.3 Å². The quantitative estimate of drug-likeness (QED) is 0.186. The van der Waals surface area contributed by atoms with Gasteiger partial charge >= 0.3 is 0 Å². The van der Waals surface area contributed by atoms with Gasteiger partial charge in [-0.15, -0.1) is 0 Å². The minimum Gasteiger partial charge on any atom is -0.464 e. The number of hydrogen-bond acceptors (Lipinski definition) is 8. The lowest BCUT2D eigenvalue weighted by atomic mass is 9.85. The van der Waals surface area contributed by atoms with Gasteiger partial charge in [-0.2, -0.15) is 0 Å². The molecule has 12 heteroatoms. The number of rotatable bonds is 8. The molecule has 7 rings (SSSR count). The Kier molecular flexibility index (Phi) is 8.79. The number of furan rings is 1. The van der Waals surface area contributed by atoms with E-state index in [9.17, 15) is 9.59 Å². The van der Waals surface area contributed by atoms with Crippen molar-refractivity contribution in [2.75, 3.05) is 56.9 Å². The van der Waals surface area contributed by atoms with Gasteiger partial charge in [-0.1, -0.05) is 30.3 Å². The highest BCUT2D eigenvalue weighted by Crippen LogP contribution is 2.42. The van der Waals surface area contributed by atoms with Crippen LogP contribution in [0.3, 0.4) is 0 Å². The van der Waals surface area contributed by atoms with Gasteiger partial charge in [0.15, 0.2) is 0 Å². The molecule has 2 aromatic heterocycles. The van der Waals surface area contributed by atoms with Gasteiger partial charge in [-0.25, -0.2) is 9.98 Å². The Morgan fingerprint density at radius 1 is 1.08 bits per heavy atom. The standard InChI is InChI=1S/C38H41N9O3/c1-24-21-50-31-9-7-28(19-29(24)31)34(40)35-30(39)8-10-32(44-35)47-18-14-38(37(47)49)13-17-45(22-38)20-33(48)46-15-11-26(12-16-46)25-3-5-27(6-4-25)36(41)43-23-42-2/h3-11,19,21,23,40H,12-18,20,22,39H2,1-2H3,(H2,41,42,43)/t38-/m0/s1. The number of nitrogens with two attached hydrogens (primary N) is 2. The first kappa shape index (κ1) is 32.9. The second kappa shape index (κ2) is 13.4. The van der Waals surface area contributed by atoms with Gasteiger partial charge in [-0.3, -0.25) is 29.8 Å². The minimum absolute atomic E-state index is 0.0146. The van der Waals surface area contributed by atoms with Crippen LogP contribution in [0.1, 0.15) is 47.2 Å². The number of likely N-dealkylation sites (tertiary alicyclic amines) is 1. The molecule has 3 aliphatic rings. The van der Waals surface area contributed by atoms with Gasteiger partial charge in [0.05, 0.1) is 29.6 Å². The predicted molar refractivity (Wildman–Crippen MR) is 197 cm³/mol. The molecule has 0 unspecified atom stereocenters. The van der Waals surface area contributed by atoms with Crippen molar-refractivity contribution >= 4 is 57.7 Å². The Labute approximate surface area is 290 Å². The van der Waals surface area contributed by atoms with E-state index in [0.29, 0.717) is 74.2 Å². The highest BCUT2D eigenvalue weighted by molar-refractivity contribution is 6.14. The number of anilines is 2. The number of amides is 2. The number of nitrogens with one attached hydrogen (secondary N) is 1. The van der Waals surface area contributed by atoms with Crippen LogP contribution in [0.4, 0.5) is 11.5 Å². The molecule has 12 nitrogen and oxygen atoms in total. The summed E-state index contributed by atoms with van der Waals surface area (Å²) in [4.78, 5) is 45.7. The highest BCUT2D eigenvalue weighted by Gasteiger charge is 2.51. The van der Waals surface area contributed by atoms with Crippen LogP contribution in [0.25, 0.3) is 16.5 Å². The summed E-state index contributed by atoms with van der Waals surface area (Å²) in [6, 6.07) is 17.0. The molecule has 2 amide bonds. The normalized spacial score (nSPS) is 20.1. The predicted octanol–water partition coefficient (Wildman–Crippen LogP) is 4.24. The number of carbonyl (C=O) groups is 2. The summed E-state index contributed by atoms with van der Waals surface area (Å²) in [6.07, 6.45) is 7.38. The summed E-state index contributed by atoms with van der Waals surface area (Å²) >= 11 is 0. The molecule has 1 atom stereocenters. The van der Waals surface area contributed by atoms with E-state index in [-0.39, 0.29) is 24.1 Å². The summed E-state index contributed by atoms with van der Waals surface area (Å²) in [5, 5.41) is 9.86. The Morgan fingerprint density at radius 2 is 1.86 bits per heavy atom. The van der Waals surface area contributed by atoms with Crippen LogP contribution in [-0.4, -0.2) is 90.8 Å². The zero-order valence-electron chi connectivity index (χ0n) is 28.4. The average Bonchev–Trinajstić information content (AvgIpc) is 3.83. The third kappa shape index (κ3) is 6.18. The molecule has 0 radical (unpaired) electrons. The Bertz CT molecular complexity index is 2080. The lowest BCUT2D eigenvalue weighted by molar-refractivity contribution is -0.132. The topological polar surface area (TPSA) is 170 Å². The lowest BCUT2D eigenvalue weighted by Gasteiger charge is -2.29. The van der Waals surface area contributed by atoms with E-state index < -0.39 is 5.41 Å². The van der Waals surface area contributed by atoms with Crippen LogP contribution in [0.2, 0.25) is 0 Å². The second-order valence-corrected chi connectivity index (χ2v) is 13.3. The molecule has 1 spiro atoms. The van der Waals surface area contributed by atoms with Gasteiger partial charge in [0.25, 0.3) is 0 Å². The average molecular weight is 672 g/mol.